The molecule has 0 aromatic heterocycles. The summed E-state index contributed by atoms with van der Waals surface area (Å²) < 4.78 is 15.9. The fourth-order valence-corrected chi connectivity index (χ4v) is 4.43. The lowest BCUT2D eigenvalue weighted by atomic mass is 10.1. The van der Waals surface area contributed by atoms with Crippen molar-refractivity contribution in [3.8, 4) is 17.2 Å². The second kappa shape index (κ2) is 11.3. The average Bonchev–Trinajstić information content (AvgIpc) is 3.22. The van der Waals surface area contributed by atoms with Gasteiger partial charge in [-0.2, -0.15) is 0 Å². The van der Waals surface area contributed by atoms with Crippen LogP contribution in [0.5, 0.6) is 17.2 Å². The number of anilines is 1. The first-order valence-corrected chi connectivity index (χ1v) is 12.0. The van der Waals surface area contributed by atoms with Crippen molar-refractivity contribution >= 4 is 35.0 Å². The van der Waals surface area contributed by atoms with Gasteiger partial charge in [-0.05, 0) is 72.6 Å². The zero-order chi connectivity index (χ0) is 26.5. The predicted octanol–water partition coefficient (Wildman–Crippen LogP) is 4.38. The summed E-state index contributed by atoms with van der Waals surface area (Å²) >= 11 is 6.01. The third-order valence-electron chi connectivity index (χ3n) is 6.27. The van der Waals surface area contributed by atoms with Crippen LogP contribution < -0.4 is 19.1 Å². The van der Waals surface area contributed by atoms with Crippen LogP contribution >= 0.6 is 11.6 Å². The largest absolute Gasteiger partial charge is 0.497 e. The lowest BCUT2D eigenvalue weighted by molar-refractivity contribution is -0.122. The molecule has 1 aliphatic heterocycles. The average molecular weight is 523 g/mol. The predicted molar refractivity (Wildman–Crippen MR) is 140 cm³/mol. The van der Waals surface area contributed by atoms with Crippen LogP contribution in [0.25, 0.3) is 0 Å². The van der Waals surface area contributed by atoms with E-state index < -0.39 is 11.9 Å². The smallest absolute Gasteiger partial charge is 0.257 e. The molecule has 0 aliphatic carbocycles. The van der Waals surface area contributed by atoms with Crippen molar-refractivity contribution in [2.24, 2.45) is 0 Å². The van der Waals surface area contributed by atoms with Gasteiger partial charge in [0.25, 0.3) is 11.8 Å². The topological polar surface area (TPSA) is 85.4 Å². The molecule has 37 heavy (non-hydrogen) atoms. The number of hydrogen-bond acceptors (Lipinski definition) is 6. The number of halogens is 1. The number of benzene rings is 3. The maximum atomic E-state index is 13.6. The highest BCUT2D eigenvalue weighted by Crippen LogP contribution is 2.30. The van der Waals surface area contributed by atoms with Crippen LogP contribution in [0.4, 0.5) is 5.69 Å². The summed E-state index contributed by atoms with van der Waals surface area (Å²) in [6, 6.07) is 17.6. The molecule has 8 nitrogen and oxygen atoms in total. The van der Waals surface area contributed by atoms with Gasteiger partial charge in [-0.1, -0.05) is 17.7 Å². The summed E-state index contributed by atoms with van der Waals surface area (Å²) in [5.41, 5.74) is 1.69. The van der Waals surface area contributed by atoms with E-state index in [1.54, 1.807) is 68.8 Å². The second-order valence-corrected chi connectivity index (χ2v) is 8.87. The molecule has 0 N–H and O–H groups in total. The standard InChI is InChI=1S/C28H27ClN2O6/c1-35-22-11-9-21(10-12-22)31-26(32)17-23(28(31)34)30(27(33)19-5-7-20(29)8-6-19)15-14-18-4-13-24(36-2)25(16-18)37-3/h4-13,16,23H,14-15,17H2,1-3H3/t23-/m0/s1. The first-order chi connectivity index (χ1) is 17.9. The summed E-state index contributed by atoms with van der Waals surface area (Å²) in [5, 5.41) is 0.492. The summed E-state index contributed by atoms with van der Waals surface area (Å²) in [4.78, 5) is 42.7. The minimum atomic E-state index is -0.946. The Kier molecular flexibility index (Phi) is 7.98. The Balaban J connectivity index is 1.63. The van der Waals surface area contributed by atoms with Crippen molar-refractivity contribution < 1.29 is 28.6 Å². The van der Waals surface area contributed by atoms with Crippen LogP contribution in [-0.2, 0) is 16.0 Å². The number of nitrogens with zero attached hydrogens (tertiary/aromatic N) is 2. The lowest BCUT2D eigenvalue weighted by Crippen LogP contribution is -2.46. The molecule has 0 bridgehead atoms. The quantitative estimate of drug-likeness (QED) is 0.388. The van der Waals surface area contributed by atoms with Crippen LogP contribution in [0.1, 0.15) is 22.3 Å². The molecule has 1 fully saturated rings. The SMILES string of the molecule is COc1ccc(N2C(=O)C[C@H](N(CCc3ccc(OC)c(OC)c3)C(=O)c3ccc(Cl)cc3)C2=O)cc1. The molecule has 3 aromatic rings. The number of carbonyl (C=O) groups excluding carboxylic acids is 3. The van der Waals surface area contributed by atoms with E-state index in [0.29, 0.717) is 39.9 Å². The molecule has 3 amide bonds. The molecule has 1 heterocycles. The number of rotatable bonds is 9. The Morgan fingerprint density at radius 3 is 2.22 bits per heavy atom. The van der Waals surface area contributed by atoms with Gasteiger partial charge in [-0.15, -0.1) is 0 Å². The van der Waals surface area contributed by atoms with E-state index in [2.05, 4.69) is 0 Å². The van der Waals surface area contributed by atoms with E-state index in [0.717, 1.165) is 10.5 Å². The van der Waals surface area contributed by atoms with Crippen molar-refractivity contribution in [2.45, 2.75) is 18.9 Å². The zero-order valence-corrected chi connectivity index (χ0v) is 21.5. The number of methoxy groups -OCH3 is 3. The van der Waals surface area contributed by atoms with E-state index >= 15 is 0 Å². The number of carbonyl (C=O) groups is 3. The van der Waals surface area contributed by atoms with Gasteiger partial charge in [-0.25, -0.2) is 4.90 Å². The normalized spacial score (nSPS) is 15.0. The van der Waals surface area contributed by atoms with Crippen LogP contribution in [0.3, 0.4) is 0 Å². The monoisotopic (exact) mass is 522 g/mol. The van der Waals surface area contributed by atoms with Gasteiger partial charge in [0.2, 0.25) is 5.91 Å². The van der Waals surface area contributed by atoms with Crippen LogP contribution in [0, 0.1) is 0 Å². The Bertz CT molecular complexity index is 1290. The minimum Gasteiger partial charge on any atom is -0.497 e. The third-order valence-corrected chi connectivity index (χ3v) is 6.52. The molecule has 192 valence electrons. The van der Waals surface area contributed by atoms with E-state index in [1.165, 1.54) is 12.0 Å². The van der Waals surface area contributed by atoms with E-state index in [1.807, 2.05) is 12.1 Å². The number of imide groups is 1. The maximum absolute atomic E-state index is 13.6. The van der Waals surface area contributed by atoms with E-state index in [4.69, 9.17) is 25.8 Å². The van der Waals surface area contributed by atoms with Gasteiger partial charge in [0.15, 0.2) is 11.5 Å². The Morgan fingerprint density at radius 1 is 0.919 bits per heavy atom. The zero-order valence-electron chi connectivity index (χ0n) is 20.8. The van der Waals surface area contributed by atoms with Gasteiger partial charge in [-0.3, -0.25) is 14.4 Å². The number of ether oxygens (including phenoxy) is 3. The van der Waals surface area contributed by atoms with E-state index in [9.17, 15) is 14.4 Å². The molecule has 0 saturated carbocycles. The fourth-order valence-electron chi connectivity index (χ4n) is 4.30. The fraction of sp³-hybridized carbons (Fsp3) is 0.250. The molecule has 1 atom stereocenters. The molecule has 1 saturated heterocycles. The van der Waals surface area contributed by atoms with Crippen molar-refractivity contribution in [1.82, 2.24) is 4.90 Å². The molecule has 0 unspecified atom stereocenters. The maximum Gasteiger partial charge on any atom is 0.257 e. The summed E-state index contributed by atoms with van der Waals surface area (Å²) in [6.07, 6.45) is 0.316. The Hall–Kier alpha value is -4.04. The summed E-state index contributed by atoms with van der Waals surface area (Å²) in [5.74, 6) is 0.569. The van der Waals surface area contributed by atoms with Gasteiger partial charge in [0.1, 0.15) is 11.8 Å². The van der Waals surface area contributed by atoms with Gasteiger partial charge >= 0.3 is 0 Å². The molecular weight excluding hydrogens is 496 g/mol. The van der Waals surface area contributed by atoms with Crippen molar-refractivity contribution in [2.75, 3.05) is 32.8 Å². The number of amides is 3. The molecule has 9 heteroatoms. The lowest BCUT2D eigenvalue weighted by Gasteiger charge is -2.28. The van der Waals surface area contributed by atoms with Gasteiger partial charge in [0, 0.05) is 17.1 Å². The Labute approximate surface area is 220 Å². The molecule has 4 rings (SSSR count). The highest BCUT2D eigenvalue weighted by atomic mass is 35.5. The van der Waals surface area contributed by atoms with Crippen molar-refractivity contribution in [3.63, 3.8) is 0 Å². The van der Waals surface area contributed by atoms with Crippen LogP contribution in [0.2, 0.25) is 5.02 Å². The van der Waals surface area contributed by atoms with E-state index in [-0.39, 0.29) is 24.8 Å². The minimum absolute atomic E-state index is 0.115. The molecule has 0 radical (unpaired) electrons. The summed E-state index contributed by atoms with van der Waals surface area (Å²) in [6.45, 7) is 0.205. The van der Waals surface area contributed by atoms with Gasteiger partial charge in [0.05, 0.1) is 33.4 Å². The molecule has 0 spiro atoms. The van der Waals surface area contributed by atoms with Crippen molar-refractivity contribution in [3.05, 3.63) is 82.9 Å². The highest BCUT2D eigenvalue weighted by molar-refractivity contribution is 6.30. The molecule has 1 aliphatic rings. The van der Waals surface area contributed by atoms with Crippen LogP contribution in [-0.4, -0.2) is 56.5 Å². The first-order valence-electron chi connectivity index (χ1n) is 11.6. The first kappa shape index (κ1) is 26.0. The second-order valence-electron chi connectivity index (χ2n) is 8.43. The number of hydrogen-bond donors (Lipinski definition) is 0. The molecular formula is C28H27ClN2O6. The highest BCUT2D eigenvalue weighted by Gasteiger charge is 2.44. The van der Waals surface area contributed by atoms with Crippen LogP contribution in [0.15, 0.2) is 66.7 Å². The van der Waals surface area contributed by atoms with Gasteiger partial charge < -0.3 is 19.1 Å². The Morgan fingerprint density at radius 2 is 1.59 bits per heavy atom. The third kappa shape index (κ3) is 5.54. The molecule has 3 aromatic carbocycles. The van der Waals surface area contributed by atoms with Crippen molar-refractivity contribution in [1.29, 1.82) is 0 Å². The summed E-state index contributed by atoms with van der Waals surface area (Å²) in [7, 11) is 4.64.